The van der Waals surface area contributed by atoms with E-state index < -0.39 is 0 Å². The number of para-hydroxylation sites is 1. The molecule has 2 aromatic carbocycles. The zero-order chi connectivity index (χ0) is 18.8. The molecule has 27 heavy (non-hydrogen) atoms. The first-order valence-corrected chi connectivity index (χ1v) is 9.21. The quantitative estimate of drug-likeness (QED) is 0.719. The maximum absolute atomic E-state index is 13.1. The fourth-order valence-electron chi connectivity index (χ4n) is 3.80. The van der Waals surface area contributed by atoms with Crippen molar-refractivity contribution in [2.45, 2.75) is 12.8 Å². The van der Waals surface area contributed by atoms with Crippen molar-refractivity contribution in [3.8, 4) is 17.0 Å². The van der Waals surface area contributed by atoms with Crippen LogP contribution in [-0.2, 0) is 19.9 Å². The molecule has 1 aromatic heterocycles. The van der Waals surface area contributed by atoms with E-state index in [0.717, 1.165) is 24.1 Å². The van der Waals surface area contributed by atoms with Gasteiger partial charge in [0.15, 0.2) is 0 Å². The Labute approximate surface area is 159 Å². The normalized spacial score (nSPS) is 13.8. The third kappa shape index (κ3) is 3.21. The van der Waals surface area contributed by atoms with E-state index in [4.69, 9.17) is 9.84 Å². The summed E-state index contributed by atoms with van der Waals surface area (Å²) in [4.78, 5) is 15.0. The number of methoxy groups -OCH3 is 1. The van der Waals surface area contributed by atoms with Crippen molar-refractivity contribution in [2.75, 3.05) is 20.2 Å². The molecule has 5 heteroatoms. The summed E-state index contributed by atoms with van der Waals surface area (Å²) in [6.45, 7) is 1.35. The number of rotatable bonds is 3. The molecule has 1 amide bonds. The molecule has 4 rings (SSSR count). The molecule has 3 aromatic rings. The Morgan fingerprint density at radius 2 is 1.70 bits per heavy atom. The van der Waals surface area contributed by atoms with E-state index in [-0.39, 0.29) is 5.91 Å². The summed E-state index contributed by atoms with van der Waals surface area (Å²) in [5.74, 6) is 0.644. The van der Waals surface area contributed by atoms with Gasteiger partial charge in [-0.1, -0.05) is 42.5 Å². The van der Waals surface area contributed by atoms with Crippen molar-refractivity contribution in [3.63, 3.8) is 0 Å². The highest BCUT2D eigenvalue weighted by molar-refractivity contribution is 5.97. The van der Waals surface area contributed by atoms with Crippen LogP contribution in [0.4, 0.5) is 0 Å². The summed E-state index contributed by atoms with van der Waals surface area (Å²) in [7, 11) is 3.59. The Morgan fingerprint density at radius 1 is 1.00 bits per heavy atom. The number of hydrogen-bond acceptors (Lipinski definition) is 3. The van der Waals surface area contributed by atoms with Crippen molar-refractivity contribution in [2.24, 2.45) is 7.05 Å². The molecular weight excluding hydrogens is 338 g/mol. The van der Waals surface area contributed by atoms with Crippen molar-refractivity contribution in [1.29, 1.82) is 0 Å². The lowest BCUT2D eigenvalue weighted by Gasteiger charge is -2.21. The van der Waals surface area contributed by atoms with Crippen LogP contribution in [-0.4, -0.2) is 40.8 Å². The molecule has 0 aliphatic carbocycles. The van der Waals surface area contributed by atoms with Crippen LogP contribution >= 0.6 is 0 Å². The van der Waals surface area contributed by atoms with Crippen molar-refractivity contribution >= 4 is 5.91 Å². The third-order valence-corrected chi connectivity index (χ3v) is 5.20. The van der Waals surface area contributed by atoms with Gasteiger partial charge in [0.2, 0.25) is 0 Å². The maximum Gasteiger partial charge on any atom is 0.257 e. The lowest BCUT2D eigenvalue weighted by molar-refractivity contribution is 0.0759. The van der Waals surface area contributed by atoms with E-state index in [1.165, 1.54) is 11.3 Å². The monoisotopic (exact) mass is 361 g/mol. The molecule has 1 aliphatic rings. The van der Waals surface area contributed by atoms with E-state index in [9.17, 15) is 4.79 Å². The molecule has 0 unspecified atom stereocenters. The number of benzene rings is 2. The summed E-state index contributed by atoms with van der Waals surface area (Å²) >= 11 is 0. The van der Waals surface area contributed by atoms with Crippen LogP contribution in [0.2, 0.25) is 0 Å². The summed E-state index contributed by atoms with van der Waals surface area (Å²) in [6, 6.07) is 17.7. The average molecular weight is 361 g/mol. The van der Waals surface area contributed by atoms with Gasteiger partial charge >= 0.3 is 0 Å². The van der Waals surface area contributed by atoms with Gasteiger partial charge < -0.3 is 9.64 Å². The summed E-state index contributed by atoms with van der Waals surface area (Å²) in [5, 5.41) is 4.75. The summed E-state index contributed by atoms with van der Waals surface area (Å²) < 4.78 is 7.34. The van der Waals surface area contributed by atoms with Gasteiger partial charge in [-0.05, 0) is 18.6 Å². The highest BCUT2D eigenvalue weighted by Crippen LogP contribution is 2.29. The van der Waals surface area contributed by atoms with Gasteiger partial charge in [-0.25, -0.2) is 0 Å². The van der Waals surface area contributed by atoms with Crippen LogP contribution in [0.25, 0.3) is 11.3 Å². The second-order valence-corrected chi connectivity index (χ2v) is 6.76. The van der Waals surface area contributed by atoms with E-state index in [2.05, 4.69) is 12.1 Å². The SMILES string of the molecule is COc1ccccc1C(=O)N1CCc2c(-c3ccccc3)nn(C)c2CC1. The molecule has 0 bridgehead atoms. The average Bonchev–Trinajstić information content (AvgIpc) is 2.89. The van der Waals surface area contributed by atoms with Gasteiger partial charge in [0.05, 0.1) is 18.4 Å². The summed E-state index contributed by atoms with van der Waals surface area (Å²) in [5.41, 5.74) is 5.23. The van der Waals surface area contributed by atoms with Crippen LogP contribution < -0.4 is 4.74 Å². The number of fused-ring (bicyclic) bond motifs is 1. The minimum Gasteiger partial charge on any atom is -0.496 e. The lowest BCUT2D eigenvalue weighted by Crippen LogP contribution is -2.33. The van der Waals surface area contributed by atoms with Gasteiger partial charge in [-0.2, -0.15) is 5.10 Å². The molecule has 0 spiro atoms. The van der Waals surface area contributed by atoms with Gasteiger partial charge in [0.1, 0.15) is 5.75 Å². The van der Waals surface area contributed by atoms with Gasteiger partial charge in [-0.15, -0.1) is 0 Å². The van der Waals surface area contributed by atoms with Gasteiger partial charge in [0.25, 0.3) is 5.91 Å². The maximum atomic E-state index is 13.1. The number of ether oxygens (including phenoxy) is 1. The first-order chi connectivity index (χ1) is 13.2. The van der Waals surface area contributed by atoms with E-state index in [1.807, 2.05) is 59.1 Å². The van der Waals surface area contributed by atoms with Crippen LogP contribution in [0.1, 0.15) is 21.6 Å². The molecular formula is C22H23N3O2. The van der Waals surface area contributed by atoms with Gasteiger partial charge in [-0.3, -0.25) is 9.48 Å². The van der Waals surface area contributed by atoms with Gasteiger partial charge in [0, 0.05) is 43.4 Å². The second-order valence-electron chi connectivity index (χ2n) is 6.76. The van der Waals surface area contributed by atoms with Crippen LogP contribution in [0, 0.1) is 0 Å². The predicted molar refractivity (Wildman–Crippen MR) is 105 cm³/mol. The third-order valence-electron chi connectivity index (χ3n) is 5.20. The number of nitrogens with zero attached hydrogens (tertiary/aromatic N) is 3. The molecule has 0 N–H and O–H groups in total. The summed E-state index contributed by atoms with van der Waals surface area (Å²) in [6.07, 6.45) is 1.60. The van der Waals surface area contributed by atoms with Crippen molar-refractivity contribution in [1.82, 2.24) is 14.7 Å². The van der Waals surface area contributed by atoms with Crippen molar-refractivity contribution in [3.05, 3.63) is 71.4 Å². The predicted octanol–water partition coefficient (Wildman–Crippen LogP) is 3.34. The lowest BCUT2D eigenvalue weighted by atomic mass is 10.0. The highest BCUT2D eigenvalue weighted by atomic mass is 16.5. The van der Waals surface area contributed by atoms with Crippen LogP contribution in [0.5, 0.6) is 5.75 Å². The smallest absolute Gasteiger partial charge is 0.257 e. The topological polar surface area (TPSA) is 47.4 Å². The van der Waals surface area contributed by atoms with E-state index in [0.29, 0.717) is 24.4 Å². The zero-order valence-electron chi connectivity index (χ0n) is 15.7. The molecule has 138 valence electrons. The number of aryl methyl sites for hydroxylation is 1. The van der Waals surface area contributed by atoms with E-state index in [1.54, 1.807) is 7.11 Å². The Kier molecular flexibility index (Phi) is 4.67. The number of carbonyl (C=O) groups is 1. The Balaban J connectivity index is 1.62. The first kappa shape index (κ1) is 17.3. The number of hydrogen-bond donors (Lipinski definition) is 0. The minimum atomic E-state index is 0.0227. The first-order valence-electron chi connectivity index (χ1n) is 9.21. The molecule has 0 saturated heterocycles. The Hall–Kier alpha value is -3.08. The minimum absolute atomic E-state index is 0.0227. The van der Waals surface area contributed by atoms with Crippen LogP contribution in [0.15, 0.2) is 54.6 Å². The molecule has 5 nitrogen and oxygen atoms in total. The largest absolute Gasteiger partial charge is 0.496 e. The second kappa shape index (κ2) is 7.27. The van der Waals surface area contributed by atoms with Crippen LogP contribution in [0.3, 0.4) is 0 Å². The fraction of sp³-hybridized carbons (Fsp3) is 0.273. The molecule has 0 saturated carbocycles. The highest BCUT2D eigenvalue weighted by Gasteiger charge is 2.26. The number of amides is 1. The fourth-order valence-corrected chi connectivity index (χ4v) is 3.80. The molecule has 0 fully saturated rings. The number of carbonyl (C=O) groups excluding carboxylic acids is 1. The Morgan fingerprint density at radius 3 is 2.48 bits per heavy atom. The molecule has 1 aliphatic heterocycles. The number of aromatic nitrogens is 2. The van der Waals surface area contributed by atoms with E-state index >= 15 is 0 Å². The standard InChI is InChI=1S/C22H23N3O2/c1-24-19-13-15-25(22(26)18-10-6-7-11-20(18)27-2)14-12-17(19)21(23-24)16-8-4-3-5-9-16/h3-11H,12-15H2,1-2H3. The van der Waals surface area contributed by atoms with Crippen molar-refractivity contribution < 1.29 is 9.53 Å². The molecule has 2 heterocycles. The zero-order valence-corrected chi connectivity index (χ0v) is 15.7. The Bertz CT molecular complexity index is 963. The molecule has 0 atom stereocenters. The molecule has 0 radical (unpaired) electrons.